The van der Waals surface area contributed by atoms with Gasteiger partial charge in [0.2, 0.25) is 0 Å². The van der Waals surface area contributed by atoms with Crippen LogP contribution in [0.5, 0.6) is 0 Å². The summed E-state index contributed by atoms with van der Waals surface area (Å²) in [6.07, 6.45) is 3.62. The number of hydrogen-bond acceptors (Lipinski definition) is 3. The summed E-state index contributed by atoms with van der Waals surface area (Å²) < 4.78 is 0. The van der Waals surface area contributed by atoms with Crippen molar-refractivity contribution >= 4 is 29.3 Å². The number of benzene rings is 1. The summed E-state index contributed by atoms with van der Waals surface area (Å²) in [6.45, 7) is 0. The third-order valence-electron chi connectivity index (χ3n) is 2.23. The van der Waals surface area contributed by atoms with Gasteiger partial charge in [0, 0.05) is 16.8 Å². The van der Waals surface area contributed by atoms with Gasteiger partial charge < -0.3 is 5.32 Å². The summed E-state index contributed by atoms with van der Waals surface area (Å²) in [4.78, 5) is 16.8. The van der Waals surface area contributed by atoms with E-state index in [-0.39, 0.29) is 6.03 Å². The zero-order valence-electron chi connectivity index (χ0n) is 9.88. The quantitative estimate of drug-likeness (QED) is 0.830. The van der Waals surface area contributed by atoms with Crippen LogP contribution >= 0.6 is 11.8 Å². The Balaban J connectivity index is 1.99. The number of carbonyl (C=O) groups excluding carboxylic acids is 1. The Bertz CT molecular complexity index is 531. The number of nitrogens with one attached hydrogen (secondary N) is 2. The number of thioether (sulfide) groups is 1. The van der Waals surface area contributed by atoms with E-state index in [0.717, 1.165) is 10.6 Å². The monoisotopic (exact) mass is 259 g/mol. The lowest BCUT2D eigenvalue weighted by molar-refractivity contribution is 0.262. The van der Waals surface area contributed by atoms with E-state index in [1.165, 1.54) is 0 Å². The highest BCUT2D eigenvalue weighted by Crippen LogP contribution is 2.19. The lowest BCUT2D eigenvalue weighted by Gasteiger charge is -2.07. The Morgan fingerprint density at radius 3 is 2.78 bits per heavy atom. The normalized spacial score (nSPS) is 9.83. The van der Waals surface area contributed by atoms with E-state index < -0.39 is 0 Å². The van der Waals surface area contributed by atoms with Gasteiger partial charge in [-0.25, -0.2) is 9.78 Å². The van der Waals surface area contributed by atoms with Crippen LogP contribution in [0.15, 0.2) is 53.6 Å². The fourth-order valence-corrected chi connectivity index (χ4v) is 1.88. The molecule has 92 valence electrons. The molecule has 2 aromatic rings. The van der Waals surface area contributed by atoms with E-state index in [4.69, 9.17) is 0 Å². The number of hydrogen-bond donors (Lipinski definition) is 2. The maximum atomic E-state index is 11.7. The molecule has 2 rings (SSSR count). The Kier molecular flexibility index (Phi) is 4.20. The van der Waals surface area contributed by atoms with E-state index in [2.05, 4.69) is 15.6 Å². The van der Waals surface area contributed by atoms with Crippen molar-refractivity contribution in [2.24, 2.45) is 0 Å². The summed E-state index contributed by atoms with van der Waals surface area (Å²) in [5, 5.41) is 5.42. The van der Waals surface area contributed by atoms with Crippen LogP contribution in [0.1, 0.15) is 0 Å². The molecule has 0 saturated carbocycles. The van der Waals surface area contributed by atoms with Gasteiger partial charge in [-0.05, 0) is 36.6 Å². The van der Waals surface area contributed by atoms with Crippen LogP contribution in [0.4, 0.5) is 16.3 Å². The maximum absolute atomic E-state index is 11.7. The van der Waals surface area contributed by atoms with Crippen LogP contribution in [0.25, 0.3) is 0 Å². The molecule has 0 radical (unpaired) electrons. The van der Waals surface area contributed by atoms with Crippen molar-refractivity contribution in [3.8, 4) is 0 Å². The second-order valence-electron chi connectivity index (χ2n) is 3.53. The van der Waals surface area contributed by atoms with E-state index in [1.807, 2.05) is 36.6 Å². The van der Waals surface area contributed by atoms with Crippen LogP contribution in [0.2, 0.25) is 0 Å². The molecule has 1 aromatic carbocycles. The average molecular weight is 259 g/mol. The number of nitrogens with zero attached hydrogens (tertiary/aromatic N) is 1. The molecular weight excluding hydrogens is 246 g/mol. The molecule has 0 aliphatic carbocycles. The fourth-order valence-electron chi connectivity index (χ4n) is 1.42. The third-order valence-corrected chi connectivity index (χ3v) is 2.96. The molecule has 2 amide bonds. The summed E-state index contributed by atoms with van der Waals surface area (Å²) in [5.41, 5.74) is 0.760. The van der Waals surface area contributed by atoms with Crippen LogP contribution in [-0.2, 0) is 0 Å². The van der Waals surface area contributed by atoms with Crippen LogP contribution < -0.4 is 10.6 Å². The van der Waals surface area contributed by atoms with E-state index in [0.29, 0.717) is 5.82 Å². The van der Waals surface area contributed by atoms with Crippen LogP contribution in [-0.4, -0.2) is 17.3 Å². The van der Waals surface area contributed by atoms with Gasteiger partial charge in [-0.15, -0.1) is 11.8 Å². The fraction of sp³-hybridized carbons (Fsp3) is 0.0769. The van der Waals surface area contributed by atoms with Crippen molar-refractivity contribution in [1.82, 2.24) is 4.98 Å². The Morgan fingerprint density at radius 2 is 2.06 bits per heavy atom. The van der Waals surface area contributed by atoms with Gasteiger partial charge in [-0.2, -0.15) is 0 Å². The predicted molar refractivity (Wildman–Crippen MR) is 75.1 cm³/mol. The number of amides is 2. The molecule has 0 atom stereocenters. The number of urea groups is 1. The number of aromatic nitrogens is 1. The SMILES string of the molecule is CSc1cccc(NC(=O)Nc2ccccn2)c1. The summed E-state index contributed by atoms with van der Waals surface area (Å²) in [7, 11) is 0. The third kappa shape index (κ3) is 3.49. The summed E-state index contributed by atoms with van der Waals surface area (Å²) in [6, 6.07) is 12.7. The molecule has 18 heavy (non-hydrogen) atoms. The molecule has 4 nitrogen and oxygen atoms in total. The topological polar surface area (TPSA) is 54.0 Å². The minimum Gasteiger partial charge on any atom is -0.308 e. The van der Waals surface area contributed by atoms with Crippen molar-refractivity contribution in [3.05, 3.63) is 48.7 Å². The molecule has 0 saturated heterocycles. The first-order chi connectivity index (χ1) is 8.78. The number of pyridine rings is 1. The summed E-state index contributed by atoms with van der Waals surface area (Å²) in [5.74, 6) is 0.524. The lowest BCUT2D eigenvalue weighted by atomic mass is 10.3. The van der Waals surface area contributed by atoms with Gasteiger partial charge in [-0.3, -0.25) is 5.32 Å². The summed E-state index contributed by atoms with van der Waals surface area (Å²) >= 11 is 1.63. The van der Waals surface area contributed by atoms with E-state index >= 15 is 0 Å². The highest BCUT2D eigenvalue weighted by molar-refractivity contribution is 7.98. The minimum atomic E-state index is -0.299. The molecule has 1 aromatic heterocycles. The van der Waals surface area contributed by atoms with Gasteiger partial charge in [0.25, 0.3) is 0 Å². The number of carbonyl (C=O) groups is 1. The standard InChI is InChI=1S/C13H13N3OS/c1-18-11-6-4-5-10(9-11)15-13(17)16-12-7-2-3-8-14-12/h2-9H,1H3,(H2,14,15,16,17). The Morgan fingerprint density at radius 1 is 1.17 bits per heavy atom. The molecule has 0 aliphatic rings. The largest absolute Gasteiger partial charge is 0.324 e. The zero-order valence-corrected chi connectivity index (χ0v) is 10.7. The zero-order chi connectivity index (χ0) is 12.8. The second-order valence-corrected chi connectivity index (χ2v) is 4.41. The second kappa shape index (κ2) is 6.07. The van der Waals surface area contributed by atoms with Gasteiger partial charge >= 0.3 is 6.03 Å². The lowest BCUT2D eigenvalue weighted by Crippen LogP contribution is -2.19. The smallest absolute Gasteiger partial charge is 0.308 e. The average Bonchev–Trinajstić information content (AvgIpc) is 2.40. The molecule has 5 heteroatoms. The van der Waals surface area contributed by atoms with Gasteiger partial charge in [0.05, 0.1) is 0 Å². The Labute approximate surface area is 110 Å². The minimum absolute atomic E-state index is 0.299. The van der Waals surface area contributed by atoms with Gasteiger partial charge in [0.1, 0.15) is 5.82 Å². The molecule has 0 bridgehead atoms. The first-order valence-corrected chi connectivity index (χ1v) is 6.63. The maximum Gasteiger partial charge on any atom is 0.324 e. The van der Waals surface area contributed by atoms with E-state index in [9.17, 15) is 4.79 Å². The van der Waals surface area contributed by atoms with Crippen molar-refractivity contribution in [2.45, 2.75) is 4.90 Å². The predicted octanol–water partition coefficient (Wildman–Crippen LogP) is 3.45. The molecular formula is C13H13N3OS. The molecule has 0 unspecified atom stereocenters. The van der Waals surface area contributed by atoms with Crippen molar-refractivity contribution in [2.75, 3.05) is 16.9 Å². The number of anilines is 2. The van der Waals surface area contributed by atoms with Crippen molar-refractivity contribution in [3.63, 3.8) is 0 Å². The molecule has 0 fully saturated rings. The Hall–Kier alpha value is -2.01. The van der Waals surface area contributed by atoms with Gasteiger partial charge in [0.15, 0.2) is 0 Å². The first kappa shape index (κ1) is 12.4. The van der Waals surface area contributed by atoms with Crippen molar-refractivity contribution < 1.29 is 4.79 Å². The highest BCUT2D eigenvalue weighted by Gasteiger charge is 2.03. The molecule has 0 aliphatic heterocycles. The first-order valence-electron chi connectivity index (χ1n) is 5.41. The molecule has 1 heterocycles. The number of rotatable bonds is 3. The molecule has 0 spiro atoms. The van der Waals surface area contributed by atoms with E-state index in [1.54, 1.807) is 30.1 Å². The van der Waals surface area contributed by atoms with Gasteiger partial charge in [-0.1, -0.05) is 12.1 Å². The van der Waals surface area contributed by atoms with Crippen molar-refractivity contribution in [1.29, 1.82) is 0 Å². The van der Waals surface area contributed by atoms with Crippen LogP contribution in [0, 0.1) is 0 Å². The molecule has 2 N–H and O–H groups in total. The highest BCUT2D eigenvalue weighted by atomic mass is 32.2. The van der Waals surface area contributed by atoms with Crippen LogP contribution in [0.3, 0.4) is 0 Å².